The molecule has 3 heterocycles. The minimum absolute atomic E-state index is 0.0700. The Bertz CT molecular complexity index is 993. The fourth-order valence-electron chi connectivity index (χ4n) is 3.40. The van der Waals surface area contributed by atoms with Gasteiger partial charge in [0.05, 0.1) is 17.4 Å². The van der Waals surface area contributed by atoms with Gasteiger partial charge in [0, 0.05) is 11.6 Å². The monoisotopic (exact) mass is 383 g/mol. The molecule has 0 bridgehead atoms. The maximum Gasteiger partial charge on any atom is 0.261 e. The number of hydrogen-bond donors (Lipinski definition) is 1. The molecule has 1 fully saturated rings. The second-order valence-electron chi connectivity index (χ2n) is 6.66. The molecule has 1 aliphatic heterocycles. The van der Waals surface area contributed by atoms with Crippen LogP contribution in [0, 0.1) is 0 Å². The van der Waals surface area contributed by atoms with Crippen LogP contribution in [0.15, 0.2) is 40.6 Å². The lowest BCUT2D eigenvalue weighted by Gasteiger charge is -2.27. The first-order valence-electron chi connectivity index (χ1n) is 9.11. The highest BCUT2D eigenvalue weighted by molar-refractivity contribution is 7.13. The van der Waals surface area contributed by atoms with Gasteiger partial charge in [0.15, 0.2) is 5.13 Å². The van der Waals surface area contributed by atoms with Crippen molar-refractivity contribution in [3.05, 3.63) is 52.0 Å². The average Bonchev–Trinajstić information content (AvgIpc) is 3.19. The van der Waals surface area contributed by atoms with Crippen LogP contribution in [0.2, 0.25) is 0 Å². The van der Waals surface area contributed by atoms with Crippen molar-refractivity contribution in [2.24, 2.45) is 0 Å². The number of aromatic nitrogens is 3. The molecule has 1 saturated heterocycles. The van der Waals surface area contributed by atoms with Crippen molar-refractivity contribution in [1.82, 2.24) is 19.4 Å². The number of carbonyl (C=O) groups is 1. The van der Waals surface area contributed by atoms with E-state index in [1.165, 1.54) is 22.3 Å². The molecule has 4 rings (SSSR count). The smallest absolute Gasteiger partial charge is 0.261 e. The van der Waals surface area contributed by atoms with Crippen LogP contribution in [-0.4, -0.2) is 38.4 Å². The molecule has 1 aromatic carbocycles. The Hall–Kier alpha value is -2.58. The van der Waals surface area contributed by atoms with Gasteiger partial charge < -0.3 is 5.32 Å². The van der Waals surface area contributed by atoms with Gasteiger partial charge in [-0.3, -0.25) is 19.1 Å². The molecule has 1 N–H and O–H groups in total. The lowest BCUT2D eigenvalue weighted by atomic mass is 10.1. The molecule has 0 radical (unpaired) electrons. The fourth-order valence-corrected chi connectivity index (χ4v) is 3.95. The van der Waals surface area contributed by atoms with Gasteiger partial charge in [-0.25, -0.2) is 9.97 Å². The number of likely N-dealkylation sites (tertiary alicyclic amines) is 1. The van der Waals surface area contributed by atoms with E-state index in [-0.39, 0.29) is 18.0 Å². The van der Waals surface area contributed by atoms with E-state index >= 15 is 0 Å². The summed E-state index contributed by atoms with van der Waals surface area (Å²) in [6.07, 6.45) is 5.18. The van der Waals surface area contributed by atoms with Crippen molar-refractivity contribution in [1.29, 1.82) is 0 Å². The van der Waals surface area contributed by atoms with E-state index in [9.17, 15) is 9.59 Å². The summed E-state index contributed by atoms with van der Waals surface area (Å²) in [6, 6.07) is 7.29. The number of carbonyl (C=O) groups excluding carboxylic acids is 1. The van der Waals surface area contributed by atoms with Crippen molar-refractivity contribution in [3.63, 3.8) is 0 Å². The summed E-state index contributed by atoms with van der Waals surface area (Å²) in [5.41, 5.74) is 0.494. The summed E-state index contributed by atoms with van der Waals surface area (Å²) in [6.45, 7) is 2.49. The van der Waals surface area contributed by atoms with E-state index in [4.69, 9.17) is 4.98 Å². The van der Waals surface area contributed by atoms with Gasteiger partial charge in [-0.2, -0.15) is 0 Å². The highest BCUT2D eigenvalue weighted by Crippen LogP contribution is 2.15. The van der Waals surface area contributed by atoms with Crippen LogP contribution in [0.1, 0.15) is 25.1 Å². The normalized spacial score (nSPS) is 15.1. The minimum atomic E-state index is -0.274. The van der Waals surface area contributed by atoms with E-state index in [1.807, 2.05) is 18.2 Å². The quantitative estimate of drug-likeness (QED) is 0.732. The zero-order valence-corrected chi connectivity index (χ0v) is 15.7. The van der Waals surface area contributed by atoms with E-state index in [0.717, 1.165) is 25.9 Å². The Morgan fingerprint density at radius 2 is 2.00 bits per heavy atom. The second-order valence-corrected chi connectivity index (χ2v) is 7.55. The van der Waals surface area contributed by atoms with Crippen LogP contribution in [0.5, 0.6) is 0 Å². The SMILES string of the molecule is O=C(Cn1c(CN2CCCCC2)nc2ccccc2c1=O)Nc1nccs1. The van der Waals surface area contributed by atoms with E-state index in [2.05, 4.69) is 15.2 Å². The Morgan fingerprint density at radius 1 is 1.19 bits per heavy atom. The zero-order valence-electron chi connectivity index (χ0n) is 14.9. The molecule has 0 aliphatic carbocycles. The van der Waals surface area contributed by atoms with Gasteiger partial charge in [-0.1, -0.05) is 18.6 Å². The van der Waals surface area contributed by atoms with Crippen LogP contribution in [0.3, 0.4) is 0 Å². The van der Waals surface area contributed by atoms with E-state index < -0.39 is 0 Å². The molecule has 2 aromatic heterocycles. The summed E-state index contributed by atoms with van der Waals surface area (Å²) in [4.78, 5) is 36.6. The highest BCUT2D eigenvalue weighted by atomic mass is 32.1. The molecule has 3 aromatic rings. The predicted octanol–water partition coefficient (Wildman–Crippen LogP) is 2.48. The van der Waals surface area contributed by atoms with Crippen LogP contribution in [0.25, 0.3) is 10.9 Å². The Labute approximate surface area is 160 Å². The highest BCUT2D eigenvalue weighted by Gasteiger charge is 2.18. The van der Waals surface area contributed by atoms with E-state index in [0.29, 0.717) is 28.4 Å². The first-order chi connectivity index (χ1) is 13.2. The number of benzene rings is 1. The van der Waals surface area contributed by atoms with Crippen molar-refractivity contribution >= 4 is 33.3 Å². The maximum absolute atomic E-state index is 13.0. The van der Waals surface area contributed by atoms with Crippen LogP contribution >= 0.6 is 11.3 Å². The zero-order chi connectivity index (χ0) is 18.6. The number of nitrogens with one attached hydrogen (secondary N) is 1. The van der Waals surface area contributed by atoms with Gasteiger partial charge in [-0.05, 0) is 38.1 Å². The van der Waals surface area contributed by atoms with Crippen molar-refractivity contribution in [3.8, 4) is 0 Å². The molecule has 0 atom stereocenters. The van der Waals surface area contributed by atoms with Gasteiger partial charge in [0.25, 0.3) is 5.56 Å². The van der Waals surface area contributed by atoms with E-state index in [1.54, 1.807) is 17.6 Å². The molecule has 8 heteroatoms. The number of para-hydroxylation sites is 1. The number of amides is 1. The third kappa shape index (κ3) is 4.06. The molecule has 7 nitrogen and oxygen atoms in total. The largest absolute Gasteiger partial charge is 0.300 e. The molecule has 0 saturated carbocycles. The summed E-state index contributed by atoms with van der Waals surface area (Å²) < 4.78 is 1.50. The van der Waals surface area contributed by atoms with Gasteiger partial charge in [-0.15, -0.1) is 11.3 Å². The maximum atomic E-state index is 13.0. The van der Waals surface area contributed by atoms with Gasteiger partial charge in [0.1, 0.15) is 12.4 Å². The average molecular weight is 383 g/mol. The minimum Gasteiger partial charge on any atom is -0.300 e. The molecular formula is C19H21N5O2S. The van der Waals surface area contributed by atoms with Crippen LogP contribution in [-0.2, 0) is 17.9 Å². The number of hydrogen-bond acceptors (Lipinski definition) is 6. The fraction of sp³-hybridized carbons (Fsp3) is 0.368. The van der Waals surface area contributed by atoms with Crippen LogP contribution < -0.4 is 10.9 Å². The van der Waals surface area contributed by atoms with Crippen molar-refractivity contribution in [2.75, 3.05) is 18.4 Å². The predicted molar refractivity (Wildman–Crippen MR) is 106 cm³/mol. The molecular weight excluding hydrogens is 362 g/mol. The first-order valence-corrected chi connectivity index (χ1v) is 9.99. The van der Waals surface area contributed by atoms with Crippen LogP contribution in [0.4, 0.5) is 5.13 Å². The number of rotatable bonds is 5. The third-order valence-corrected chi connectivity index (χ3v) is 5.42. The van der Waals surface area contributed by atoms with Gasteiger partial charge in [0.2, 0.25) is 5.91 Å². The van der Waals surface area contributed by atoms with Crippen molar-refractivity contribution < 1.29 is 4.79 Å². The lowest BCUT2D eigenvalue weighted by molar-refractivity contribution is -0.116. The number of fused-ring (bicyclic) bond motifs is 1. The molecule has 1 aliphatic rings. The summed E-state index contributed by atoms with van der Waals surface area (Å²) >= 11 is 1.35. The number of thiazole rings is 1. The number of piperidine rings is 1. The topological polar surface area (TPSA) is 80.1 Å². The molecule has 27 heavy (non-hydrogen) atoms. The Balaban J connectivity index is 1.67. The summed E-state index contributed by atoms with van der Waals surface area (Å²) in [5.74, 6) is 0.360. The summed E-state index contributed by atoms with van der Waals surface area (Å²) in [5, 5.41) is 5.59. The van der Waals surface area contributed by atoms with Gasteiger partial charge >= 0.3 is 0 Å². The molecule has 0 spiro atoms. The standard InChI is InChI=1S/C19H21N5O2S/c25-17(22-19-20-8-11-27-19)13-24-16(12-23-9-4-1-5-10-23)21-15-7-3-2-6-14(15)18(24)26/h2-3,6-8,11H,1,4-5,9-10,12-13H2,(H,20,22,25). The molecule has 1 amide bonds. The summed E-state index contributed by atoms with van der Waals surface area (Å²) in [7, 11) is 0. The number of nitrogens with zero attached hydrogens (tertiary/aromatic N) is 4. The molecule has 0 unspecified atom stereocenters. The first kappa shape index (κ1) is 17.8. The second kappa shape index (κ2) is 7.98. The number of anilines is 1. The Kier molecular flexibility index (Phi) is 5.26. The lowest BCUT2D eigenvalue weighted by Crippen LogP contribution is -2.36. The van der Waals surface area contributed by atoms with Crippen molar-refractivity contribution in [2.45, 2.75) is 32.4 Å². The molecule has 140 valence electrons. The Morgan fingerprint density at radius 3 is 2.78 bits per heavy atom. The third-order valence-electron chi connectivity index (χ3n) is 4.73.